The minimum Gasteiger partial charge on any atom is -0.382 e. The molecule has 0 spiro atoms. The van der Waals surface area contributed by atoms with Crippen LogP contribution in [0, 0.1) is 5.82 Å². The van der Waals surface area contributed by atoms with Crippen LogP contribution in [-0.4, -0.2) is 17.8 Å². The van der Waals surface area contributed by atoms with Gasteiger partial charge in [-0.3, -0.25) is 0 Å². The molecule has 1 aromatic carbocycles. The number of ether oxygens (including phenoxy) is 1. The van der Waals surface area contributed by atoms with Gasteiger partial charge < -0.3 is 9.84 Å². The number of hydrogen-bond donors (Lipinski definition) is 1. The minimum atomic E-state index is -4.73. The molecule has 0 amide bonds. The molecule has 2 rings (SSSR count). The van der Waals surface area contributed by atoms with E-state index in [0.29, 0.717) is 12.7 Å². The molecule has 18 heavy (non-hydrogen) atoms. The fourth-order valence-electron chi connectivity index (χ4n) is 2.13. The number of aliphatic hydroxyl groups is 1. The van der Waals surface area contributed by atoms with Crippen LogP contribution in [0.5, 0.6) is 0 Å². The van der Waals surface area contributed by atoms with Crippen molar-refractivity contribution in [2.75, 3.05) is 6.61 Å². The first-order chi connectivity index (χ1) is 8.25. The fourth-order valence-corrected chi connectivity index (χ4v) is 2.13. The molecule has 0 bridgehead atoms. The quantitative estimate of drug-likeness (QED) is 0.790. The van der Waals surface area contributed by atoms with Crippen molar-refractivity contribution in [3.63, 3.8) is 0 Å². The smallest absolute Gasteiger partial charge is 0.382 e. The highest BCUT2D eigenvalue weighted by molar-refractivity contribution is 5.31. The van der Waals surface area contributed by atoms with Gasteiger partial charge in [0.2, 0.25) is 0 Å². The predicted octanol–water partition coefficient (Wildman–Crippen LogP) is 2.84. The van der Waals surface area contributed by atoms with E-state index in [2.05, 4.69) is 0 Å². The van der Waals surface area contributed by atoms with Crippen LogP contribution < -0.4 is 0 Å². The van der Waals surface area contributed by atoms with Crippen molar-refractivity contribution in [2.45, 2.75) is 31.2 Å². The standard InChI is InChI=1S/C12H12F4O2/c1-7-11(17,4-5-18-7)8-2-3-9(10(13)6-8)12(14,15)16/h2-3,6-7,17H,4-5H2,1H3. The molecule has 2 nitrogen and oxygen atoms in total. The van der Waals surface area contributed by atoms with Gasteiger partial charge in [0.1, 0.15) is 11.4 Å². The molecule has 0 aromatic heterocycles. The van der Waals surface area contributed by atoms with Crippen molar-refractivity contribution >= 4 is 0 Å². The Labute approximate surface area is 101 Å². The maximum atomic E-state index is 13.4. The first-order valence-electron chi connectivity index (χ1n) is 5.46. The summed E-state index contributed by atoms with van der Waals surface area (Å²) < 4.78 is 55.8. The summed E-state index contributed by atoms with van der Waals surface area (Å²) in [4.78, 5) is 0. The maximum absolute atomic E-state index is 13.4. The molecule has 0 aliphatic carbocycles. The highest BCUT2D eigenvalue weighted by Gasteiger charge is 2.42. The van der Waals surface area contributed by atoms with Crippen molar-refractivity contribution in [3.8, 4) is 0 Å². The van der Waals surface area contributed by atoms with Gasteiger partial charge in [0.15, 0.2) is 0 Å². The Balaban J connectivity index is 2.41. The lowest BCUT2D eigenvalue weighted by Gasteiger charge is -2.27. The summed E-state index contributed by atoms with van der Waals surface area (Å²) in [6.45, 7) is 1.89. The lowest BCUT2D eigenvalue weighted by molar-refractivity contribution is -0.140. The molecular weight excluding hydrogens is 252 g/mol. The van der Waals surface area contributed by atoms with Gasteiger partial charge in [-0.05, 0) is 24.6 Å². The van der Waals surface area contributed by atoms with Gasteiger partial charge in [0.25, 0.3) is 0 Å². The van der Waals surface area contributed by atoms with Gasteiger partial charge in [0.05, 0.1) is 18.3 Å². The second kappa shape index (κ2) is 4.20. The molecule has 1 aliphatic rings. The van der Waals surface area contributed by atoms with E-state index in [9.17, 15) is 22.7 Å². The van der Waals surface area contributed by atoms with Gasteiger partial charge in [-0.15, -0.1) is 0 Å². The molecule has 1 saturated heterocycles. The molecular formula is C12H12F4O2. The van der Waals surface area contributed by atoms with Gasteiger partial charge >= 0.3 is 6.18 Å². The Kier molecular flexibility index (Phi) is 3.11. The molecule has 1 aromatic rings. The van der Waals surface area contributed by atoms with Crippen LogP contribution in [-0.2, 0) is 16.5 Å². The SMILES string of the molecule is CC1OCCC1(O)c1ccc(C(F)(F)F)c(F)c1. The first kappa shape index (κ1) is 13.3. The average molecular weight is 264 g/mol. The lowest BCUT2D eigenvalue weighted by Crippen LogP contribution is -2.33. The number of hydrogen-bond acceptors (Lipinski definition) is 2. The molecule has 1 heterocycles. The normalized spacial score (nSPS) is 28.7. The molecule has 1 fully saturated rings. The second-order valence-electron chi connectivity index (χ2n) is 4.38. The number of halogens is 4. The van der Waals surface area contributed by atoms with Crippen molar-refractivity contribution in [2.24, 2.45) is 0 Å². The zero-order chi connectivity index (χ0) is 13.6. The third-order valence-corrected chi connectivity index (χ3v) is 3.30. The van der Waals surface area contributed by atoms with E-state index in [1.807, 2.05) is 0 Å². The van der Waals surface area contributed by atoms with Crippen LogP contribution in [0.25, 0.3) is 0 Å². The van der Waals surface area contributed by atoms with Gasteiger partial charge in [0, 0.05) is 6.42 Å². The summed E-state index contributed by atoms with van der Waals surface area (Å²) >= 11 is 0. The summed E-state index contributed by atoms with van der Waals surface area (Å²) in [5, 5.41) is 10.3. The van der Waals surface area contributed by atoms with E-state index >= 15 is 0 Å². The van der Waals surface area contributed by atoms with Crippen molar-refractivity contribution in [3.05, 3.63) is 35.1 Å². The zero-order valence-electron chi connectivity index (χ0n) is 9.59. The molecule has 1 N–H and O–H groups in total. The monoisotopic (exact) mass is 264 g/mol. The van der Waals surface area contributed by atoms with Crippen LogP contribution in [0.4, 0.5) is 17.6 Å². The van der Waals surface area contributed by atoms with Crippen LogP contribution in [0.2, 0.25) is 0 Å². The Morgan fingerprint density at radius 1 is 1.39 bits per heavy atom. The van der Waals surface area contributed by atoms with E-state index in [1.165, 1.54) is 0 Å². The third kappa shape index (κ3) is 2.10. The Morgan fingerprint density at radius 2 is 2.06 bits per heavy atom. The largest absolute Gasteiger partial charge is 0.419 e. The Bertz CT molecular complexity index is 458. The van der Waals surface area contributed by atoms with E-state index < -0.39 is 29.3 Å². The highest BCUT2D eigenvalue weighted by Crippen LogP contribution is 2.38. The Hall–Kier alpha value is -1.14. The predicted molar refractivity (Wildman–Crippen MR) is 55.3 cm³/mol. The second-order valence-corrected chi connectivity index (χ2v) is 4.38. The molecule has 1 aliphatic heterocycles. The number of alkyl halides is 3. The first-order valence-corrected chi connectivity index (χ1v) is 5.46. The third-order valence-electron chi connectivity index (χ3n) is 3.30. The summed E-state index contributed by atoms with van der Waals surface area (Å²) in [6, 6.07) is 2.47. The topological polar surface area (TPSA) is 29.5 Å². The summed E-state index contributed by atoms with van der Waals surface area (Å²) in [5.41, 5.74) is -2.65. The van der Waals surface area contributed by atoms with Gasteiger partial charge in [-0.25, -0.2) is 4.39 Å². The van der Waals surface area contributed by atoms with Crippen LogP contribution in [0.3, 0.4) is 0 Å². The van der Waals surface area contributed by atoms with E-state index in [0.717, 1.165) is 12.1 Å². The van der Waals surface area contributed by atoms with E-state index in [4.69, 9.17) is 4.74 Å². The molecule has 100 valence electrons. The molecule has 0 saturated carbocycles. The summed E-state index contributed by atoms with van der Waals surface area (Å²) in [7, 11) is 0. The lowest BCUT2D eigenvalue weighted by atomic mass is 9.87. The van der Waals surface area contributed by atoms with E-state index in [1.54, 1.807) is 6.92 Å². The maximum Gasteiger partial charge on any atom is 0.419 e. The van der Waals surface area contributed by atoms with Crippen molar-refractivity contribution < 1.29 is 27.4 Å². The van der Waals surface area contributed by atoms with Crippen LogP contribution >= 0.6 is 0 Å². The molecule has 0 radical (unpaired) electrons. The molecule has 6 heteroatoms. The minimum absolute atomic E-state index is 0.109. The van der Waals surface area contributed by atoms with E-state index in [-0.39, 0.29) is 12.0 Å². The summed E-state index contributed by atoms with van der Waals surface area (Å²) in [5.74, 6) is -1.38. The van der Waals surface area contributed by atoms with Crippen LogP contribution in [0.15, 0.2) is 18.2 Å². The van der Waals surface area contributed by atoms with Crippen LogP contribution in [0.1, 0.15) is 24.5 Å². The van der Waals surface area contributed by atoms with Gasteiger partial charge in [-0.2, -0.15) is 13.2 Å². The Morgan fingerprint density at radius 3 is 2.50 bits per heavy atom. The number of rotatable bonds is 1. The zero-order valence-corrected chi connectivity index (χ0v) is 9.59. The fraction of sp³-hybridized carbons (Fsp3) is 0.500. The highest BCUT2D eigenvalue weighted by atomic mass is 19.4. The number of benzene rings is 1. The molecule has 2 atom stereocenters. The van der Waals surface area contributed by atoms with Gasteiger partial charge in [-0.1, -0.05) is 6.07 Å². The average Bonchev–Trinajstić information content (AvgIpc) is 2.58. The molecule has 2 unspecified atom stereocenters. The van der Waals surface area contributed by atoms with Crippen molar-refractivity contribution in [1.82, 2.24) is 0 Å². The summed E-state index contributed by atoms with van der Waals surface area (Å²) in [6.07, 6.45) is -5.07. The van der Waals surface area contributed by atoms with Crippen molar-refractivity contribution in [1.29, 1.82) is 0 Å².